The minimum absolute atomic E-state index is 0.180. The second kappa shape index (κ2) is 11.6. The van der Waals surface area contributed by atoms with Crippen molar-refractivity contribution in [3.05, 3.63) is 82.5 Å². The molecule has 2 heterocycles. The van der Waals surface area contributed by atoms with Crippen LogP contribution in [0.5, 0.6) is 0 Å². The van der Waals surface area contributed by atoms with E-state index in [-0.39, 0.29) is 11.6 Å². The molecule has 5 rings (SSSR count). The molecule has 1 aliphatic carbocycles. The molecule has 3 aromatic rings. The number of thioether (sulfide) groups is 1. The van der Waals surface area contributed by atoms with Crippen molar-refractivity contribution in [2.75, 3.05) is 5.32 Å². The molecular weight excluding hydrogens is 527 g/mol. The number of alkyl halides is 3. The van der Waals surface area contributed by atoms with Gasteiger partial charge in [0.05, 0.1) is 16.2 Å². The zero-order valence-electron chi connectivity index (χ0n) is 20.8. The van der Waals surface area contributed by atoms with E-state index in [1.165, 1.54) is 12.1 Å². The molecule has 7 nitrogen and oxygen atoms in total. The molecule has 2 aliphatic rings. The lowest BCUT2D eigenvalue weighted by molar-refractivity contribution is -0.137. The first-order chi connectivity index (χ1) is 18.7. The van der Waals surface area contributed by atoms with E-state index < -0.39 is 22.9 Å². The van der Waals surface area contributed by atoms with E-state index in [0.29, 0.717) is 34.7 Å². The number of hydrogen-bond donors (Lipinski definition) is 3. The fourth-order valence-electron chi connectivity index (χ4n) is 4.80. The summed E-state index contributed by atoms with van der Waals surface area (Å²) in [5.74, 6) is 0.0354. The first-order valence-electron chi connectivity index (χ1n) is 12.6. The zero-order chi connectivity index (χ0) is 27.4. The summed E-state index contributed by atoms with van der Waals surface area (Å²) >= 11 is 0.843. The molecule has 1 aliphatic heterocycles. The van der Waals surface area contributed by atoms with Gasteiger partial charge in [-0.05, 0) is 78.4 Å². The van der Waals surface area contributed by atoms with Crippen LogP contribution in [0.3, 0.4) is 0 Å². The van der Waals surface area contributed by atoms with Crippen molar-refractivity contribution in [3.63, 3.8) is 0 Å². The van der Waals surface area contributed by atoms with Gasteiger partial charge in [-0.3, -0.25) is 14.9 Å². The maximum Gasteiger partial charge on any atom is 0.417 e. The summed E-state index contributed by atoms with van der Waals surface area (Å²) in [5.41, 5.74) is 1.56. The van der Waals surface area contributed by atoms with Crippen LogP contribution in [0.1, 0.15) is 42.5 Å². The molecule has 11 heteroatoms. The van der Waals surface area contributed by atoms with Crippen LogP contribution in [-0.2, 0) is 17.5 Å². The standard InChI is InChI=1S/C28H26F3N5O2S/c29-28(30,31)23-7-2-1-6-22(23)18-5-3-4-17(14-18)16-33-19-8-10-20(11-9-19)34-26-32-13-12-21(35-26)15-24-25(37)36-27(38)39-24/h1-7,12-15,19-20,33H,8-11,16H2,(H,32,34,35)(H,36,37,38). The van der Waals surface area contributed by atoms with Crippen LogP contribution < -0.4 is 16.0 Å². The Morgan fingerprint density at radius 3 is 2.51 bits per heavy atom. The number of imide groups is 1. The van der Waals surface area contributed by atoms with Gasteiger partial charge in [-0.2, -0.15) is 13.2 Å². The fraction of sp³-hybridized carbons (Fsp3) is 0.286. The van der Waals surface area contributed by atoms with Gasteiger partial charge in [0.1, 0.15) is 0 Å². The van der Waals surface area contributed by atoms with E-state index >= 15 is 0 Å². The highest BCUT2D eigenvalue weighted by molar-refractivity contribution is 8.18. The van der Waals surface area contributed by atoms with Crippen molar-refractivity contribution >= 4 is 34.9 Å². The van der Waals surface area contributed by atoms with Gasteiger partial charge in [0.2, 0.25) is 5.95 Å². The van der Waals surface area contributed by atoms with Gasteiger partial charge >= 0.3 is 6.18 Å². The average Bonchev–Trinajstić information content (AvgIpc) is 3.24. The summed E-state index contributed by atoms with van der Waals surface area (Å²) in [6.45, 7) is 0.568. The number of rotatable bonds is 7. The Bertz CT molecular complexity index is 1400. The highest BCUT2D eigenvalue weighted by atomic mass is 32.2. The summed E-state index contributed by atoms with van der Waals surface area (Å²) in [6.07, 6.45) is 2.42. The topological polar surface area (TPSA) is 96.0 Å². The molecular formula is C28H26F3N5O2S. The molecule has 3 N–H and O–H groups in total. The van der Waals surface area contributed by atoms with E-state index in [1.54, 1.807) is 36.5 Å². The molecule has 0 unspecified atom stereocenters. The van der Waals surface area contributed by atoms with Crippen LogP contribution in [0.2, 0.25) is 0 Å². The van der Waals surface area contributed by atoms with Gasteiger partial charge < -0.3 is 10.6 Å². The molecule has 2 aromatic carbocycles. The number of aromatic nitrogens is 2. The lowest BCUT2D eigenvalue weighted by Gasteiger charge is -2.30. The molecule has 0 radical (unpaired) electrons. The summed E-state index contributed by atoms with van der Waals surface area (Å²) in [4.78, 5) is 32.2. The monoisotopic (exact) mass is 553 g/mol. The van der Waals surface area contributed by atoms with Gasteiger partial charge in [0.25, 0.3) is 11.1 Å². The Labute approximate surface area is 227 Å². The first-order valence-corrected chi connectivity index (χ1v) is 13.4. The number of nitrogens with one attached hydrogen (secondary N) is 3. The minimum Gasteiger partial charge on any atom is -0.351 e. The second-order valence-electron chi connectivity index (χ2n) is 9.47. The highest BCUT2D eigenvalue weighted by Crippen LogP contribution is 2.37. The summed E-state index contributed by atoms with van der Waals surface area (Å²) < 4.78 is 40.4. The SMILES string of the molecule is O=C1NC(=O)C(=Cc2ccnc(NC3CCC(NCc4cccc(-c5ccccc5C(F)(F)F)c4)CC3)n2)S1. The van der Waals surface area contributed by atoms with Crippen molar-refractivity contribution in [1.29, 1.82) is 0 Å². The van der Waals surface area contributed by atoms with Crippen molar-refractivity contribution in [2.45, 2.75) is 50.5 Å². The van der Waals surface area contributed by atoms with Crippen LogP contribution in [0.15, 0.2) is 65.7 Å². The molecule has 1 saturated heterocycles. The number of amides is 2. The number of anilines is 1. The molecule has 2 amide bonds. The van der Waals surface area contributed by atoms with Crippen LogP contribution in [0, 0.1) is 0 Å². The third-order valence-electron chi connectivity index (χ3n) is 6.72. The van der Waals surface area contributed by atoms with Crippen LogP contribution in [0.25, 0.3) is 17.2 Å². The third kappa shape index (κ3) is 6.85. The predicted octanol–water partition coefficient (Wildman–Crippen LogP) is 6.00. The fourth-order valence-corrected chi connectivity index (χ4v) is 5.46. The van der Waals surface area contributed by atoms with E-state index in [1.807, 2.05) is 12.1 Å². The van der Waals surface area contributed by atoms with Crippen LogP contribution in [0.4, 0.5) is 23.9 Å². The largest absolute Gasteiger partial charge is 0.417 e. The van der Waals surface area contributed by atoms with Crippen LogP contribution >= 0.6 is 11.8 Å². The molecule has 202 valence electrons. The predicted molar refractivity (Wildman–Crippen MR) is 145 cm³/mol. The van der Waals surface area contributed by atoms with Gasteiger partial charge in [-0.15, -0.1) is 0 Å². The lowest BCUT2D eigenvalue weighted by Crippen LogP contribution is -2.36. The van der Waals surface area contributed by atoms with Crippen molar-refractivity contribution in [3.8, 4) is 11.1 Å². The number of nitrogens with zero attached hydrogens (tertiary/aromatic N) is 2. The Morgan fingerprint density at radius 1 is 1.00 bits per heavy atom. The second-order valence-corrected chi connectivity index (χ2v) is 10.5. The molecule has 0 bridgehead atoms. The average molecular weight is 554 g/mol. The minimum atomic E-state index is -4.41. The third-order valence-corrected chi connectivity index (χ3v) is 7.53. The molecule has 39 heavy (non-hydrogen) atoms. The number of benzene rings is 2. The highest BCUT2D eigenvalue weighted by Gasteiger charge is 2.33. The van der Waals surface area contributed by atoms with Crippen molar-refractivity contribution in [2.24, 2.45) is 0 Å². The van der Waals surface area contributed by atoms with Gasteiger partial charge in [-0.1, -0.05) is 36.4 Å². The Morgan fingerprint density at radius 2 is 1.77 bits per heavy atom. The molecule has 1 saturated carbocycles. The number of carbonyl (C=O) groups is 2. The number of carbonyl (C=O) groups excluding carboxylic acids is 2. The smallest absolute Gasteiger partial charge is 0.351 e. The Balaban J connectivity index is 1.14. The van der Waals surface area contributed by atoms with E-state index in [4.69, 9.17) is 0 Å². The van der Waals surface area contributed by atoms with Gasteiger partial charge in [-0.25, -0.2) is 9.97 Å². The van der Waals surface area contributed by atoms with E-state index in [0.717, 1.165) is 49.1 Å². The van der Waals surface area contributed by atoms with E-state index in [9.17, 15) is 22.8 Å². The quantitative estimate of drug-likeness (QED) is 0.309. The normalized spacial score (nSPS) is 20.7. The Kier molecular flexibility index (Phi) is 7.99. The number of hydrogen-bond acceptors (Lipinski definition) is 7. The summed E-state index contributed by atoms with van der Waals surface area (Å²) in [5, 5.41) is 8.73. The van der Waals surface area contributed by atoms with Gasteiger partial charge in [0.15, 0.2) is 0 Å². The van der Waals surface area contributed by atoms with Crippen molar-refractivity contribution in [1.82, 2.24) is 20.6 Å². The summed E-state index contributed by atoms with van der Waals surface area (Å²) in [7, 11) is 0. The lowest BCUT2D eigenvalue weighted by atomic mass is 9.91. The molecule has 1 aromatic heterocycles. The van der Waals surface area contributed by atoms with E-state index in [2.05, 4.69) is 25.9 Å². The maximum absolute atomic E-state index is 13.5. The maximum atomic E-state index is 13.5. The Hall–Kier alpha value is -3.70. The van der Waals surface area contributed by atoms with Gasteiger partial charge in [0, 0.05) is 24.8 Å². The molecule has 0 atom stereocenters. The molecule has 0 spiro atoms. The molecule has 2 fully saturated rings. The zero-order valence-corrected chi connectivity index (χ0v) is 21.6. The number of halogens is 3. The van der Waals surface area contributed by atoms with Crippen molar-refractivity contribution < 1.29 is 22.8 Å². The first kappa shape index (κ1) is 26.9. The van der Waals surface area contributed by atoms with Crippen LogP contribution in [-0.4, -0.2) is 33.2 Å². The summed E-state index contributed by atoms with van der Waals surface area (Å²) in [6, 6.07) is 15.0.